The molecule has 0 aliphatic carbocycles. The van der Waals surface area contributed by atoms with E-state index in [9.17, 15) is 18.8 Å². The van der Waals surface area contributed by atoms with Crippen molar-refractivity contribution in [3.8, 4) is 17.1 Å². The monoisotopic (exact) mass is 487 g/mol. The lowest BCUT2D eigenvalue weighted by Gasteiger charge is -2.18. The van der Waals surface area contributed by atoms with Crippen LogP contribution in [-0.4, -0.2) is 45.5 Å². The number of benzene rings is 2. The molecule has 182 valence electrons. The summed E-state index contributed by atoms with van der Waals surface area (Å²) < 4.78 is 15.9. The van der Waals surface area contributed by atoms with Gasteiger partial charge in [0.05, 0.1) is 18.9 Å². The molecule has 0 spiro atoms. The van der Waals surface area contributed by atoms with Gasteiger partial charge in [-0.25, -0.2) is 19.5 Å². The molecule has 4 aromatic rings. The van der Waals surface area contributed by atoms with E-state index < -0.39 is 29.5 Å². The van der Waals surface area contributed by atoms with Gasteiger partial charge in [-0.05, 0) is 17.7 Å². The largest absolute Gasteiger partial charge is 0.341 e. The first-order chi connectivity index (χ1) is 17.5. The second-order valence-electron chi connectivity index (χ2n) is 7.73. The number of hydroxylamine groups is 1. The Labute approximate surface area is 205 Å². The molecule has 2 aromatic carbocycles. The zero-order valence-corrected chi connectivity index (χ0v) is 19.2. The third kappa shape index (κ3) is 5.50. The van der Waals surface area contributed by atoms with Crippen LogP contribution >= 0.6 is 0 Å². The summed E-state index contributed by atoms with van der Waals surface area (Å²) in [5, 5.41) is 6.88. The maximum absolute atomic E-state index is 14.7. The Morgan fingerprint density at radius 3 is 2.39 bits per heavy atom. The molecule has 2 amide bonds. The van der Waals surface area contributed by atoms with Crippen molar-refractivity contribution in [1.82, 2.24) is 25.6 Å². The molecule has 9 nitrogen and oxygen atoms in total. The Balaban J connectivity index is 1.64. The van der Waals surface area contributed by atoms with Gasteiger partial charge >= 0.3 is 5.91 Å². The van der Waals surface area contributed by atoms with Gasteiger partial charge in [-0.2, -0.15) is 5.10 Å². The molecule has 0 unspecified atom stereocenters. The van der Waals surface area contributed by atoms with E-state index in [4.69, 9.17) is 0 Å². The summed E-state index contributed by atoms with van der Waals surface area (Å²) in [6, 6.07) is 19.5. The molecule has 0 aliphatic heterocycles. The maximum atomic E-state index is 14.7. The fourth-order valence-corrected chi connectivity index (χ4v) is 3.61. The highest BCUT2D eigenvalue weighted by atomic mass is 19.1. The van der Waals surface area contributed by atoms with Gasteiger partial charge in [0.2, 0.25) is 5.78 Å². The van der Waals surface area contributed by atoms with Gasteiger partial charge in [0.1, 0.15) is 11.7 Å². The minimum absolute atomic E-state index is 0.0395. The number of nitrogens with one attached hydrogen (secondary N) is 2. The lowest BCUT2D eigenvalue weighted by molar-refractivity contribution is -0.145. The zero-order chi connectivity index (χ0) is 25.5. The average Bonchev–Trinajstić information content (AvgIpc) is 3.30. The number of hydrogen-bond donors (Lipinski definition) is 2. The van der Waals surface area contributed by atoms with Gasteiger partial charge in [-0.3, -0.25) is 19.2 Å². The Kier molecular flexibility index (Phi) is 7.57. The van der Waals surface area contributed by atoms with Crippen LogP contribution in [0, 0.1) is 5.82 Å². The molecule has 0 saturated carbocycles. The predicted octanol–water partition coefficient (Wildman–Crippen LogP) is 2.66. The molecule has 2 N–H and O–H groups in total. The minimum atomic E-state index is -1.20. The summed E-state index contributed by atoms with van der Waals surface area (Å²) in [5.41, 5.74) is 3.41. The number of pyridine rings is 1. The van der Waals surface area contributed by atoms with Crippen molar-refractivity contribution < 1.29 is 23.6 Å². The summed E-state index contributed by atoms with van der Waals surface area (Å²) in [5.74, 6) is -3.12. The standard InChI is InChI=1S/C26H22FN5O4/c1-36-31-26(35)23(33)21(15-17-9-4-2-5-10-17)29-25(34)19-13-8-14-28-24(19)32-16-20(27)22(30-32)18-11-6-3-7-12-18/h2-14,16,21H,15H2,1H3,(H,29,34)(H,31,35)/t21-/m1/s1. The van der Waals surface area contributed by atoms with Crippen molar-refractivity contribution >= 4 is 17.6 Å². The first-order valence-electron chi connectivity index (χ1n) is 11.0. The van der Waals surface area contributed by atoms with Crippen LogP contribution in [0.1, 0.15) is 15.9 Å². The van der Waals surface area contributed by atoms with Crippen LogP contribution < -0.4 is 10.8 Å². The molecule has 0 radical (unpaired) electrons. The van der Waals surface area contributed by atoms with E-state index in [-0.39, 0.29) is 23.5 Å². The molecule has 0 saturated heterocycles. The Morgan fingerprint density at radius 1 is 1.00 bits per heavy atom. The van der Waals surface area contributed by atoms with E-state index in [1.807, 2.05) is 11.5 Å². The quantitative estimate of drug-likeness (QED) is 0.277. The fourth-order valence-electron chi connectivity index (χ4n) is 3.61. The van der Waals surface area contributed by atoms with Crippen LogP contribution in [0.4, 0.5) is 4.39 Å². The zero-order valence-electron chi connectivity index (χ0n) is 19.2. The molecular weight excluding hydrogens is 465 g/mol. The lowest BCUT2D eigenvalue weighted by Crippen LogP contribution is -2.48. The molecular formula is C26H22FN5O4. The smallest absolute Gasteiger partial charge is 0.313 e. The third-order valence-electron chi connectivity index (χ3n) is 5.29. The normalized spacial score (nSPS) is 11.5. The fraction of sp³-hybridized carbons (Fsp3) is 0.115. The maximum Gasteiger partial charge on any atom is 0.313 e. The highest BCUT2D eigenvalue weighted by Crippen LogP contribution is 2.22. The molecule has 36 heavy (non-hydrogen) atoms. The summed E-state index contributed by atoms with van der Waals surface area (Å²) >= 11 is 0. The van der Waals surface area contributed by atoms with E-state index in [2.05, 4.69) is 20.2 Å². The summed E-state index contributed by atoms with van der Waals surface area (Å²) in [6.07, 6.45) is 2.62. The number of halogens is 1. The molecule has 0 fully saturated rings. The van der Waals surface area contributed by atoms with Crippen LogP contribution in [0.3, 0.4) is 0 Å². The van der Waals surface area contributed by atoms with Gasteiger partial charge < -0.3 is 5.32 Å². The Bertz CT molecular complexity index is 1380. The minimum Gasteiger partial charge on any atom is -0.341 e. The van der Waals surface area contributed by atoms with Crippen LogP contribution in [0.25, 0.3) is 17.1 Å². The van der Waals surface area contributed by atoms with Crippen molar-refractivity contribution in [1.29, 1.82) is 0 Å². The van der Waals surface area contributed by atoms with Crippen molar-refractivity contribution in [3.05, 3.63) is 102 Å². The van der Waals surface area contributed by atoms with Gasteiger partial charge in [0, 0.05) is 18.2 Å². The number of hydrogen-bond acceptors (Lipinski definition) is 6. The molecule has 0 aliphatic rings. The second kappa shape index (κ2) is 11.2. The van der Waals surface area contributed by atoms with Crippen molar-refractivity contribution in [2.75, 3.05) is 7.11 Å². The number of nitrogens with zero attached hydrogens (tertiary/aromatic N) is 3. The predicted molar refractivity (Wildman–Crippen MR) is 128 cm³/mol. The van der Waals surface area contributed by atoms with Crippen LogP contribution in [0.2, 0.25) is 0 Å². The van der Waals surface area contributed by atoms with Gasteiger partial charge in [-0.1, -0.05) is 60.7 Å². The number of rotatable bonds is 9. The molecule has 10 heteroatoms. The molecule has 2 heterocycles. The highest BCUT2D eigenvalue weighted by molar-refractivity contribution is 6.38. The second-order valence-corrected chi connectivity index (χ2v) is 7.73. The van der Waals surface area contributed by atoms with Gasteiger partial charge in [0.25, 0.3) is 5.91 Å². The van der Waals surface area contributed by atoms with E-state index in [0.717, 1.165) is 16.4 Å². The van der Waals surface area contributed by atoms with Crippen LogP contribution in [-0.2, 0) is 20.8 Å². The molecule has 0 bridgehead atoms. The summed E-state index contributed by atoms with van der Waals surface area (Å²) in [4.78, 5) is 47.0. The third-order valence-corrected chi connectivity index (χ3v) is 5.29. The van der Waals surface area contributed by atoms with Crippen molar-refractivity contribution in [2.45, 2.75) is 12.5 Å². The van der Waals surface area contributed by atoms with Gasteiger partial charge in [0.15, 0.2) is 11.6 Å². The van der Waals surface area contributed by atoms with E-state index in [1.54, 1.807) is 54.6 Å². The van der Waals surface area contributed by atoms with Crippen molar-refractivity contribution in [2.24, 2.45) is 0 Å². The number of aromatic nitrogens is 3. The van der Waals surface area contributed by atoms with Crippen LogP contribution in [0.15, 0.2) is 85.2 Å². The van der Waals surface area contributed by atoms with Crippen LogP contribution in [0.5, 0.6) is 0 Å². The SMILES string of the molecule is CONC(=O)C(=O)[C@@H](Cc1ccccc1)NC(=O)c1cccnc1-n1cc(F)c(-c2ccccc2)n1. The Hall–Kier alpha value is -4.70. The average molecular weight is 487 g/mol. The number of carbonyl (C=O) groups is 3. The van der Waals surface area contributed by atoms with E-state index in [0.29, 0.717) is 5.56 Å². The molecule has 4 rings (SSSR count). The first kappa shape index (κ1) is 24.4. The number of Topliss-reactive ketones (excluding diaryl/α,β-unsaturated/α-hetero) is 1. The Morgan fingerprint density at radius 2 is 1.69 bits per heavy atom. The molecule has 2 aromatic heterocycles. The summed E-state index contributed by atoms with van der Waals surface area (Å²) in [6.45, 7) is 0. The number of amides is 2. The number of carbonyl (C=O) groups excluding carboxylic acids is 3. The van der Waals surface area contributed by atoms with Gasteiger partial charge in [-0.15, -0.1) is 0 Å². The first-order valence-corrected chi connectivity index (χ1v) is 11.0. The number of ketones is 1. The van der Waals surface area contributed by atoms with Crippen molar-refractivity contribution in [3.63, 3.8) is 0 Å². The summed E-state index contributed by atoms with van der Waals surface area (Å²) in [7, 11) is 1.20. The highest BCUT2D eigenvalue weighted by Gasteiger charge is 2.29. The van der Waals surface area contributed by atoms with E-state index >= 15 is 0 Å². The topological polar surface area (TPSA) is 115 Å². The lowest BCUT2D eigenvalue weighted by atomic mass is 10.0. The molecule has 1 atom stereocenters. The van der Waals surface area contributed by atoms with E-state index in [1.165, 1.54) is 25.4 Å².